The number of urea groups is 1. The average molecular weight is 876 g/mol. The summed E-state index contributed by atoms with van der Waals surface area (Å²) in [5.41, 5.74) is 5.79. The van der Waals surface area contributed by atoms with Gasteiger partial charge in [0, 0.05) is 14.8 Å². The SMILES string of the molecule is CCOc1cc([C@H]2NC(=O)NC(C)=C2C(=O)OC)ccc1OC[C@@H](O)N/N=C/c1cc(I)cc(I)c1OCc1cccc2ccccc12. The first-order valence-corrected chi connectivity index (χ1v) is 17.2. The molecular formula is C35H34I2N4O7. The van der Waals surface area contributed by atoms with Gasteiger partial charge in [0.1, 0.15) is 19.0 Å². The van der Waals surface area contributed by atoms with Crippen molar-refractivity contribution in [2.75, 3.05) is 20.3 Å². The second-order valence-electron chi connectivity index (χ2n) is 10.6. The maximum absolute atomic E-state index is 12.5. The van der Waals surface area contributed by atoms with Crippen LogP contribution in [0.1, 0.15) is 36.6 Å². The van der Waals surface area contributed by atoms with Gasteiger partial charge in [0.2, 0.25) is 0 Å². The van der Waals surface area contributed by atoms with Crippen LogP contribution in [0.15, 0.2) is 89.2 Å². The summed E-state index contributed by atoms with van der Waals surface area (Å²) >= 11 is 4.49. The summed E-state index contributed by atoms with van der Waals surface area (Å²) in [7, 11) is 1.28. The van der Waals surface area contributed by atoms with Gasteiger partial charge in [-0.05, 0) is 105 Å². The third-order valence-electron chi connectivity index (χ3n) is 7.39. The van der Waals surface area contributed by atoms with Crippen molar-refractivity contribution in [1.82, 2.24) is 16.1 Å². The predicted molar refractivity (Wildman–Crippen MR) is 199 cm³/mol. The van der Waals surface area contributed by atoms with Gasteiger partial charge >= 0.3 is 12.0 Å². The van der Waals surface area contributed by atoms with E-state index in [1.165, 1.54) is 7.11 Å². The topological polar surface area (TPSA) is 140 Å². The number of nitrogens with one attached hydrogen (secondary N) is 3. The third kappa shape index (κ3) is 8.49. The fourth-order valence-corrected chi connectivity index (χ4v) is 7.26. The zero-order valence-corrected chi connectivity index (χ0v) is 30.7. The normalized spacial score (nSPS) is 15.1. The van der Waals surface area contributed by atoms with E-state index in [0.717, 1.165) is 29.0 Å². The number of aliphatic hydroxyl groups excluding tert-OH is 1. The van der Waals surface area contributed by atoms with E-state index in [0.29, 0.717) is 41.7 Å². The van der Waals surface area contributed by atoms with Crippen LogP contribution in [-0.2, 0) is 16.1 Å². The fraction of sp³-hybridized carbons (Fsp3) is 0.229. The van der Waals surface area contributed by atoms with E-state index in [-0.39, 0.29) is 12.2 Å². The number of hydrogen-bond donors (Lipinski definition) is 4. The van der Waals surface area contributed by atoms with E-state index in [9.17, 15) is 14.7 Å². The zero-order chi connectivity index (χ0) is 34.2. The van der Waals surface area contributed by atoms with E-state index in [2.05, 4.69) is 90.6 Å². The second kappa shape index (κ2) is 16.3. The van der Waals surface area contributed by atoms with Gasteiger partial charge in [0.15, 0.2) is 17.7 Å². The van der Waals surface area contributed by atoms with Crippen LogP contribution >= 0.6 is 45.2 Å². The lowest BCUT2D eigenvalue weighted by atomic mass is 9.95. The molecule has 11 nitrogen and oxygen atoms in total. The molecule has 0 saturated carbocycles. The molecule has 4 aromatic rings. The summed E-state index contributed by atoms with van der Waals surface area (Å²) in [6, 6.07) is 22.2. The Hall–Kier alpha value is -4.09. The number of halogens is 2. The van der Waals surface area contributed by atoms with Gasteiger partial charge in [-0.25, -0.2) is 9.59 Å². The van der Waals surface area contributed by atoms with Crippen molar-refractivity contribution in [2.24, 2.45) is 5.10 Å². The summed E-state index contributed by atoms with van der Waals surface area (Å²) in [6.45, 7) is 4.02. The molecule has 250 valence electrons. The first-order valence-electron chi connectivity index (χ1n) is 15.0. The highest BCUT2D eigenvalue weighted by atomic mass is 127. The van der Waals surface area contributed by atoms with Crippen LogP contribution in [0, 0.1) is 7.14 Å². The molecule has 1 aliphatic heterocycles. The van der Waals surface area contributed by atoms with Gasteiger partial charge in [-0.3, -0.25) is 5.43 Å². The number of esters is 1. The van der Waals surface area contributed by atoms with Gasteiger partial charge in [0.05, 0.1) is 35.1 Å². The van der Waals surface area contributed by atoms with E-state index < -0.39 is 24.3 Å². The van der Waals surface area contributed by atoms with Crippen LogP contribution in [0.4, 0.5) is 4.79 Å². The Morgan fingerprint density at radius 3 is 2.62 bits per heavy atom. The van der Waals surface area contributed by atoms with Crippen LogP contribution in [0.2, 0.25) is 0 Å². The molecule has 0 saturated heterocycles. The van der Waals surface area contributed by atoms with Gasteiger partial charge in [-0.15, -0.1) is 0 Å². The minimum atomic E-state index is -1.16. The highest BCUT2D eigenvalue weighted by molar-refractivity contribution is 14.1. The average Bonchev–Trinajstić information content (AvgIpc) is 3.06. The number of methoxy groups -OCH3 is 1. The van der Waals surface area contributed by atoms with Gasteiger partial charge < -0.3 is 34.7 Å². The molecule has 0 fully saturated rings. The largest absolute Gasteiger partial charge is 0.490 e. The number of aliphatic hydroxyl groups is 1. The molecule has 0 bridgehead atoms. The Balaban J connectivity index is 1.25. The van der Waals surface area contributed by atoms with Crippen molar-refractivity contribution in [3.63, 3.8) is 0 Å². The molecule has 0 radical (unpaired) electrons. The van der Waals surface area contributed by atoms with Crippen LogP contribution in [0.25, 0.3) is 10.8 Å². The number of benzene rings is 4. The molecule has 0 aromatic heterocycles. The summed E-state index contributed by atoms with van der Waals surface area (Å²) in [5, 5.41) is 22.6. The summed E-state index contributed by atoms with van der Waals surface area (Å²) in [4.78, 5) is 24.7. The highest BCUT2D eigenvalue weighted by Crippen LogP contribution is 2.35. The molecule has 2 atom stereocenters. The minimum absolute atomic E-state index is 0.151. The lowest BCUT2D eigenvalue weighted by Crippen LogP contribution is -2.45. The summed E-state index contributed by atoms with van der Waals surface area (Å²) < 4.78 is 24.9. The van der Waals surface area contributed by atoms with Crippen molar-refractivity contribution >= 4 is 74.2 Å². The van der Waals surface area contributed by atoms with Crippen molar-refractivity contribution in [3.8, 4) is 17.2 Å². The monoisotopic (exact) mass is 876 g/mol. The molecule has 0 aliphatic carbocycles. The molecule has 48 heavy (non-hydrogen) atoms. The third-order valence-corrected chi connectivity index (χ3v) is 8.81. The zero-order valence-electron chi connectivity index (χ0n) is 26.4. The Kier molecular flexibility index (Phi) is 12.0. The number of carbonyl (C=O) groups excluding carboxylic acids is 2. The molecule has 2 amide bonds. The van der Waals surface area contributed by atoms with E-state index in [1.54, 1.807) is 31.3 Å². The lowest BCUT2D eigenvalue weighted by molar-refractivity contribution is -0.136. The number of nitrogens with zero attached hydrogens (tertiary/aromatic N) is 1. The number of amides is 2. The number of fused-ring (bicyclic) bond motifs is 1. The summed E-state index contributed by atoms with van der Waals surface area (Å²) in [6.07, 6.45) is 0.450. The molecule has 4 N–H and O–H groups in total. The van der Waals surface area contributed by atoms with Crippen LogP contribution in [0.5, 0.6) is 17.2 Å². The van der Waals surface area contributed by atoms with E-state index in [1.807, 2.05) is 37.3 Å². The fourth-order valence-electron chi connectivity index (χ4n) is 5.21. The highest BCUT2D eigenvalue weighted by Gasteiger charge is 2.32. The summed E-state index contributed by atoms with van der Waals surface area (Å²) in [5.74, 6) is 0.859. The maximum Gasteiger partial charge on any atom is 0.337 e. The molecule has 13 heteroatoms. The van der Waals surface area contributed by atoms with Gasteiger partial charge in [-0.1, -0.05) is 48.5 Å². The number of hydrazone groups is 1. The van der Waals surface area contributed by atoms with E-state index in [4.69, 9.17) is 18.9 Å². The van der Waals surface area contributed by atoms with Crippen LogP contribution in [-0.4, -0.2) is 49.9 Å². The van der Waals surface area contributed by atoms with Crippen molar-refractivity contribution < 1.29 is 33.6 Å². The maximum atomic E-state index is 12.5. The van der Waals surface area contributed by atoms with Gasteiger partial charge in [-0.2, -0.15) is 5.10 Å². The number of carbonyl (C=O) groups is 2. The predicted octanol–water partition coefficient (Wildman–Crippen LogP) is 6.15. The quantitative estimate of drug-likeness (QED) is 0.0413. The molecule has 0 spiro atoms. The first kappa shape index (κ1) is 35.2. The lowest BCUT2D eigenvalue weighted by Gasteiger charge is -2.28. The van der Waals surface area contributed by atoms with Crippen molar-refractivity contribution in [1.29, 1.82) is 0 Å². The Morgan fingerprint density at radius 2 is 1.83 bits per heavy atom. The van der Waals surface area contributed by atoms with E-state index >= 15 is 0 Å². The Bertz CT molecular complexity index is 1880. The second-order valence-corrected chi connectivity index (χ2v) is 13.1. The minimum Gasteiger partial charge on any atom is -0.490 e. The molecular weight excluding hydrogens is 842 g/mol. The number of allylic oxidation sites excluding steroid dienone is 1. The smallest absolute Gasteiger partial charge is 0.337 e. The molecule has 4 aromatic carbocycles. The number of rotatable bonds is 13. The van der Waals surface area contributed by atoms with Crippen LogP contribution < -0.4 is 30.3 Å². The standard InChI is InChI=1S/C35H34I2N4O7/c1-4-46-29-15-22(32-31(34(43)45-3)20(2)39-35(44)40-32)12-13-28(29)47-19-30(42)41-38-17-24-14-25(36)16-27(37)33(24)48-18-23-10-7-9-21-8-5-6-11-26(21)23/h5-17,30,32,41-42H,4,18-19H2,1-3H3,(H2,39,40,44)/b38-17+/t30-,32-/m1/s1. The van der Waals surface area contributed by atoms with Crippen molar-refractivity contribution in [3.05, 3.63) is 108 Å². The Labute approximate surface area is 305 Å². The first-order chi connectivity index (χ1) is 23.2. The van der Waals surface area contributed by atoms with Gasteiger partial charge in [0.25, 0.3) is 0 Å². The molecule has 1 heterocycles. The number of ether oxygens (including phenoxy) is 4. The van der Waals surface area contributed by atoms with Crippen molar-refractivity contribution in [2.45, 2.75) is 32.7 Å². The molecule has 1 aliphatic rings. The molecule has 5 rings (SSSR count). The Morgan fingerprint density at radius 1 is 1.04 bits per heavy atom. The number of hydrogen-bond acceptors (Lipinski definition) is 9. The molecule has 0 unspecified atom stereocenters. The van der Waals surface area contributed by atoms with Crippen LogP contribution in [0.3, 0.4) is 0 Å².